The van der Waals surface area contributed by atoms with Crippen LogP contribution >= 0.6 is 0 Å². The van der Waals surface area contributed by atoms with Crippen molar-refractivity contribution in [2.75, 3.05) is 13.2 Å². The van der Waals surface area contributed by atoms with Crippen LogP contribution in [0.3, 0.4) is 0 Å². The van der Waals surface area contributed by atoms with Gasteiger partial charge in [-0.2, -0.15) is 0 Å². The molecule has 1 heterocycles. The number of para-hydroxylation sites is 1. The lowest BCUT2D eigenvalue weighted by Gasteiger charge is -2.41. The second kappa shape index (κ2) is 8.77. The number of amides is 2. The second-order valence-electron chi connectivity index (χ2n) is 6.99. The van der Waals surface area contributed by atoms with Crippen LogP contribution in [0.15, 0.2) is 48.5 Å². The lowest BCUT2D eigenvalue weighted by molar-refractivity contribution is -0.140. The van der Waals surface area contributed by atoms with Crippen LogP contribution in [0.1, 0.15) is 53.2 Å². The Morgan fingerprint density at radius 3 is 2.41 bits per heavy atom. The molecular formula is C22H24N2O5. The number of carboxylic acid groups (broad SMARTS) is 1. The highest BCUT2D eigenvalue weighted by Crippen LogP contribution is 2.45. The minimum Gasteiger partial charge on any atom is -0.483 e. The van der Waals surface area contributed by atoms with E-state index in [-0.39, 0.29) is 12.5 Å². The third-order valence-electron chi connectivity index (χ3n) is 5.06. The number of carbonyl (C=O) groups excluding carboxylic acids is 2. The minimum absolute atomic E-state index is 0.207. The third kappa shape index (κ3) is 4.08. The van der Waals surface area contributed by atoms with E-state index in [1.165, 1.54) is 0 Å². The molecule has 3 rings (SSSR count). The van der Waals surface area contributed by atoms with Gasteiger partial charge in [-0.1, -0.05) is 49.7 Å². The highest BCUT2D eigenvalue weighted by Gasteiger charge is 2.44. The first-order valence-electron chi connectivity index (χ1n) is 9.58. The van der Waals surface area contributed by atoms with E-state index in [0.29, 0.717) is 29.0 Å². The molecule has 7 nitrogen and oxygen atoms in total. The Morgan fingerprint density at radius 2 is 1.76 bits per heavy atom. The van der Waals surface area contributed by atoms with Crippen molar-refractivity contribution in [1.29, 1.82) is 0 Å². The zero-order valence-corrected chi connectivity index (χ0v) is 16.2. The number of ether oxygens (including phenoxy) is 1. The second-order valence-corrected chi connectivity index (χ2v) is 6.99. The summed E-state index contributed by atoms with van der Waals surface area (Å²) in [7, 11) is 0. The summed E-state index contributed by atoms with van der Waals surface area (Å²) < 4.78 is 5.55. The minimum atomic E-state index is -1.03. The fourth-order valence-corrected chi connectivity index (χ4v) is 3.78. The Labute approximate surface area is 169 Å². The number of nitrogens with zero attached hydrogens (tertiary/aromatic N) is 1. The molecule has 2 unspecified atom stereocenters. The predicted molar refractivity (Wildman–Crippen MR) is 107 cm³/mol. The molecule has 2 aromatic rings. The number of hydrogen-bond acceptors (Lipinski definition) is 4. The van der Waals surface area contributed by atoms with Crippen LogP contribution in [-0.2, 0) is 9.59 Å². The van der Waals surface area contributed by atoms with E-state index in [1.54, 1.807) is 53.4 Å². The molecule has 152 valence electrons. The molecule has 0 radical (unpaired) electrons. The average molecular weight is 396 g/mol. The fourth-order valence-electron chi connectivity index (χ4n) is 3.78. The van der Waals surface area contributed by atoms with Gasteiger partial charge < -0.3 is 20.5 Å². The largest absolute Gasteiger partial charge is 0.483 e. The summed E-state index contributed by atoms with van der Waals surface area (Å²) in [5.74, 6) is -2.49. The topological polar surface area (TPSA) is 110 Å². The van der Waals surface area contributed by atoms with Gasteiger partial charge in [-0.15, -0.1) is 0 Å². The molecule has 7 heteroatoms. The normalized spacial score (nSPS) is 18.2. The monoisotopic (exact) mass is 396 g/mol. The van der Waals surface area contributed by atoms with Crippen molar-refractivity contribution in [2.24, 2.45) is 5.73 Å². The maximum absolute atomic E-state index is 13.3. The summed E-state index contributed by atoms with van der Waals surface area (Å²) in [5, 5.41) is 10.1. The number of rotatable bonds is 8. The van der Waals surface area contributed by atoms with Crippen LogP contribution in [0.4, 0.5) is 0 Å². The number of nitrogens with two attached hydrogens (primary N) is 1. The van der Waals surface area contributed by atoms with Gasteiger partial charge in [0.25, 0.3) is 11.8 Å². The summed E-state index contributed by atoms with van der Waals surface area (Å²) in [6, 6.07) is 12.9. The fraction of sp³-hybridized carbons (Fsp3) is 0.318. The molecule has 0 spiro atoms. The van der Waals surface area contributed by atoms with Crippen LogP contribution < -0.4 is 10.5 Å². The molecule has 0 aliphatic carbocycles. The summed E-state index contributed by atoms with van der Waals surface area (Å²) in [4.78, 5) is 38.4. The molecule has 2 atom stereocenters. The van der Waals surface area contributed by atoms with Crippen molar-refractivity contribution >= 4 is 17.8 Å². The van der Waals surface area contributed by atoms with Gasteiger partial charge in [0, 0.05) is 17.7 Å². The number of primary amides is 1. The van der Waals surface area contributed by atoms with Crippen LogP contribution in [-0.4, -0.2) is 40.9 Å². The van der Waals surface area contributed by atoms with Crippen molar-refractivity contribution in [3.8, 4) is 5.75 Å². The molecular weight excluding hydrogens is 372 g/mol. The van der Waals surface area contributed by atoms with Crippen LogP contribution in [0.2, 0.25) is 0 Å². The summed E-state index contributed by atoms with van der Waals surface area (Å²) >= 11 is 0. The molecule has 2 amide bonds. The number of carbonyl (C=O) groups is 3. The quantitative estimate of drug-likeness (QED) is 0.713. The van der Waals surface area contributed by atoms with Crippen molar-refractivity contribution in [3.63, 3.8) is 0 Å². The van der Waals surface area contributed by atoms with Gasteiger partial charge in [0.05, 0.1) is 6.04 Å². The van der Waals surface area contributed by atoms with Crippen LogP contribution in [0.5, 0.6) is 5.75 Å². The Bertz CT molecular complexity index is 927. The number of hydrogen-bond donors (Lipinski definition) is 2. The van der Waals surface area contributed by atoms with Gasteiger partial charge in [-0.25, -0.2) is 0 Å². The molecule has 2 aromatic carbocycles. The molecule has 0 bridgehead atoms. The first kappa shape index (κ1) is 20.4. The maximum atomic E-state index is 13.3. The van der Waals surface area contributed by atoms with Crippen molar-refractivity contribution < 1.29 is 24.2 Å². The van der Waals surface area contributed by atoms with Crippen LogP contribution in [0, 0.1) is 0 Å². The standard InChI is InChI=1S/C22H24N2O5/c1-2-3-12-24-20(16-10-6-7-11-17(16)29-13-18(23)25)19(22(27)28)14-8-4-5-9-15(14)21(24)26/h4-11,19-20H,2-3,12-13H2,1H3,(H2,23,25)(H,27,28). The van der Waals surface area contributed by atoms with Gasteiger partial charge >= 0.3 is 5.97 Å². The number of carboxylic acids is 1. The zero-order valence-electron chi connectivity index (χ0n) is 16.2. The SMILES string of the molecule is CCCCN1C(=O)c2ccccc2C(C(=O)O)C1c1ccccc1OCC(N)=O. The molecule has 0 fully saturated rings. The Balaban J connectivity index is 2.16. The smallest absolute Gasteiger partial charge is 0.313 e. The number of benzene rings is 2. The lowest BCUT2D eigenvalue weighted by atomic mass is 9.79. The first-order chi connectivity index (χ1) is 14.0. The van der Waals surface area contributed by atoms with Gasteiger partial charge in [0.2, 0.25) is 0 Å². The molecule has 3 N–H and O–H groups in total. The van der Waals surface area contributed by atoms with E-state index in [2.05, 4.69) is 0 Å². The number of aliphatic carboxylic acids is 1. The zero-order chi connectivity index (χ0) is 21.0. The van der Waals surface area contributed by atoms with Gasteiger partial charge in [-0.3, -0.25) is 14.4 Å². The molecule has 29 heavy (non-hydrogen) atoms. The van der Waals surface area contributed by atoms with E-state index in [0.717, 1.165) is 12.8 Å². The maximum Gasteiger partial charge on any atom is 0.313 e. The summed E-state index contributed by atoms with van der Waals surface area (Å²) in [6.07, 6.45) is 1.59. The van der Waals surface area contributed by atoms with Crippen molar-refractivity contribution in [1.82, 2.24) is 4.90 Å². The highest BCUT2D eigenvalue weighted by atomic mass is 16.5. The lowest BCUT2D eigenvalue weighted by Crippen LogP contribution is -2.45. The molecule has 1 aliphatic rings. The highest BCUT2D eigenvalue weighted by molar-refractivity contribution is 6.00. The van der Waals surface area contributed by atoms with Gasteiger partial charge in [0.15, 0.2) is 6.61 Å². The number of unbranched alkanes of at least 4 members (excludes halogenated alkanes) is 1. The van der Waals surface area contributed by atoms with Crippen molar-refractivity contribution in [3.05, 3.63) is 65.2 Å². The number of fused-ring (bicyclic) bond motifs is 1. The molecule has 0 saturated heterocycles. The first-order valence-corrected chi connectivity index (χ1v) is 9.58. The van der Waals surface area contributed by atoms with E-state index >= 15 is 0 Å². The van der Waals surface area contributed by atoms with Gasteiger partial charge in [0.1, 0.15) is 11.7 Å². The average Bonchev–Trinajstić information content (AvgIpc) is 2.71. The van der Waals surface area contributed by atoms with Crippen molar-refractivity contribution in [2.45, 2.75) is 31.7 Å². The van der Waals surface area contributed by atoms with Gasteiger partial charge in [-0.05, 0) is 24.1 Å². The Kier molecular flexibility index (Phi) is 6.16. The van der Waals surface area contributed by atoms with E-state index < -0.39 is 23.8 Å². The Morgan fingerprint density at radius 1 is 1.10 bits per heavy atom. The van der Waals surface area contributed by atoms with Crippen LogP contribution in [0.25, 0.3) is 0 Å². The third-order valence-corrected chi connectivity index (χ3v) is 5.06. The molecule has 0 aromatic heterocycles. The predicted octanol–water partition coefficient (Wildman–Crippen LogP) is 2.72. The molecule has 1 aliphatic heterocycles. The summed E-state index contributed by atoms with van der Waals surface area (Å²) in [5.41, 5.74) is 6.63. The van der Waals surface area contributed by atoms with E-state index in [4.69, 9.17) is 10.5 Å². The Hall–Kier alpha value is -3.35. The molecule has 0 saturated carbocycles. The summed E-state index contributed by atoms with van der Waals surface area (Å²) in [6.45, 7) is 2.10. The van der Waals surface area contributed by atoms with E-state index in [1.807, 2.05) is 6.92 Å². The van der Waals surface area contributed by atoms with E-state index in [9.17, 15) is 19.5 Å².